The number of nitrogens with one attached hydrogen (secondary N) is 1. The molecule has 0 aliphatic carbocycles. The average Bonchev–Trinajstić information content (AvgIpc) is 3.05. The number of hydrogen-bond acceptors (Lipinski definition) is 3. The molecule has 2 heterocycles. The molecule has 2 aromatic rings. The third-order valence-corrected chi connectivity index (χ3v) is 3.69. The smallest absolute Gasteiger partial charge is 0.328 e. The molecule has 1 aromatic heterocycles. The molecule has 1 atom stereocenters. The number of rotatable bonds is 4. The average molecular weight is 346 g/mol. The Bertz CT molecular complexity index is 737. The monoisotopic (exact) mass is 346 g/mol. The lowest BCUT2D eigenvalue weighted by molar-refractivity contribution is -0.134. The molecule has 1 aliphatic heterocycles. The van der Waals surface area contributed by atoms with Gasteiger partial charge in [-0.1, -0.05) is 12.1 Å². The maximum atomic E-state index is 12.8. The molecule has 0 saturated carbocycles. The highest BCUT2D eigenvalue weighted by Gasteiger charge is 2.19. The van der Waals surface area contributed by atoms with Crippen LogP contribution < -0.4 is 5.32 Å². The van der Waals surface area contributed by atoms with Gasteiger partial charge < -0.3 is 20.1 Å². The Balaban J connectivity index is 0.000000242. The lowest BCUT2D eigenvalue weighted by Crippen LogP contribution is -2.33. The van der Waals surface area contributed by atoms with Crippen LogP contribution in [0.2, 0.25) is 0 Å². The van der Waals surface area contributed by atoms with E-state index in [0.29, 0.717) is 18.2 Å². The summed E-state index contributed by atoms with van der Waals surface area (Å²) in [5.74, 6) is -2.69. The van der Waals surface area contributed by atoms with Crippen LogP contribution in [0.3, 0.4) is 0 Å². The normalized spacial score (nSPS) is 16.0. The first-order valence-corrected chi connectivity index (χ1v) is 7.72. The molecule has 0 amide bonds. The molecule has 0 radical (unpaired) electrons. The van der Waals surface area contributed by atoms with E-state index >= 15 is 0 Å². The fourth-order valence-corrected chi connectivity index (χ4v) is 2.59. The predicted molar refractivity (Wildman–Crippen MR) is 89.7 cm³/mol. The van der Waals surface area contributed by atoms with Crippen LogP contribution in [-0.2, 0) is 22.6 Å². The summed E-state index contributed by atoms with van der Waals surface area (Å²) < 4.78 is 15.1. The quantitative estimate of drug-likeness (QED) is 0.739. The van der Waals surface area contributed by atoms with Crippen LogP contribution in [0.15, 0.2) is 54.7 Å². The molecule has 0 bridgehead atoms. The molecule has 1 unspecified atom stereocenters. The highest BCUT2D eigenvalue weighted by atomic mass is 19.1. The van der Waals surface area contributed by atoms with Crippen LogP contribution in [0.25, 0.3) is 0 Å². The molecule has 0 saturated heterocycles. The Morgan fingerprint density at radius 3 is 2.40 bits per heavy atom. The van der Waals surface area contributed by atoms with E-state index in [9.17, 15) is 14.0 Å². The van der Waals surface area contributed by atoms with Gasteiger partial charge in [0.05, 0.1) is 6.04 Å². The Hall–Kier alpha value is -2.93. The van der Waals surface area contributed by atoms with Gasteiger partial charge in [-0.05, 0) is 36.2 Å². The predicted octanol–water partition coefficient (Wildman–Crippen LogP) is 2.23. The molecule has 3 N–H and O–H groups in total. The van der Waals surface area contributed by atoms with Gasteiger partial charge in [0.2, 0.25) is 0 Å². The molecular weight excluding hydrogens is 327 g/mol. The summed E-state index contributed by atoms with van der Waals surface area (Å²) in [5.41, 5.74) is 2.49. The van der Waals surface area contributed by atoms with Gasteiger partial charge in [-0.3, -0.25) is 0 Å². The van der Waals surface area contributed by atoms with Gasteiger partial charge in [0.15, 0.2) is 0 Å². The van der Waals surface area contributed by atoms with Crippen molar-refractivity contribution in [1.82, 2.24) is 9.88 Å². The molecule has 25 heavy (non-hydrogen) atoms. The number of aromatic nitrogens is 1. The standard InChI is InChI=1S/C14H15FN2.C4H4O4/c15-12-5-3-11(4-6-12)10-13-14-2-1-8-17(14)9-7-16-13;5-3(6)1-2-4(7)8/h1-6,8,13,16H,7,9-10H2;1-2H,(H,5,6)(H,7,8)/b;2-1+. The minimum Gasteiger partial charge on any atom is -0.478 e. The van der Waals surface area contributed by atoms with E-state index in [0.717, 1.165) is 19.5 Å². The molecule has 6 nitrogen and oxygen atoms in total. The molecule has 1 aromatic carbocycles. The number of nitrogens with zero attached hydrogens (tertiary/aromatic N) is 1. The van der Waals surface area contributed by atoms with E-state index in [-0.39, 0.29) is 5.82 Å². The van der Waals surface area contributed by atoms with Crippen molar-refractivity contribution in [2.45, 2.75) is 19.0 Å². The molecular formula is C18H19FN2O4. The first-order valence-electron chi connectivity index (χ1n) is 7.72. The second-order valence-electron chi connectivity index (χ2n) is 5.47. The Kier molecular flexibility index (Phi) is 6.47. The van der Waals surface area contributed by atoms with E-state index in [1.165, 1.54) is 23.4 Å². The van der Waals surface area contributed by atoms with E-state index < -0.39 is 11.9 Å². The SMILES string of the molecule is Fc1ccc(CC2NCCn3cccc32)cc1.O=C(O)/C=C/C(=O)O. The highest BCUT2D eigenvalue weighted by molar-refractivity contribution is 5.89. The second kappa shape index (κ2) is 8.79. The zero-order chi connectivity index (χ0) is 18.2. The third kappa shape index (κ3) is 5.89. The topological polar surface area (TPSA) is 91.6 Å². The third-order valence-electron chi connectivity index (χ3n) is 3.69. The number of benzene rings is 1. The summed E-state index contributed by atoms with van der Waals surface area (Å²) in [7, 11) is 0. The molecule has 0 fully saturated rings. The number of hydrogen-bond donors (Lipinski definition) is 3. The first kappa shape index (κ1) is 18.4. The van der Waals surface area contributed by atoms with Crippen molar-refractivity contribution in [1.29, 1.82) is 0 Å². The molecule has 0 spiro atoms. The van der Waals surface area contributed by atoms with E-state index in [1.54, 1.807) is 0 Å². The van der Waals surface area contributed by atoms with Gasteiger partial charge in [0.25, 0.3) is 0 Å². The number of aliphatic carboxylic acids is 2. The zero-order valence-corrected chi connectivity index (χ0v) is 13.4. The Morgan fingerprint density at radius 2 is 1.80 bits per heavy atom. The molecule has 7 heteroatoms. The molecule has 3 rings (SSSR count). The zero-order valence-electron chi connectivity index (χ0n) is 13.4. The molecule has 1 aliphatic rings. The summed E-state index contributed by atoms with van der Waals surface area (Å²) in [4.78, 5) is 19.1. The minimum atomic E-state index is -1.26. The summed E-state index contributed by atoms with van der Waals surface area (Å²) in [6.07, 6.45) is 4.14. The first-order chi connectivity index (χ1) is 12.0. The van der Waals surface area contributed by atoms with Crippen molar-refractivity contribution in [3.05, 3.63) is 71.8 Å². The van der Waals surface area contributed by atoms with Crippen LogP contribution in [0.4, 0.5) is 4.39 Å². The number of carbonyl (C=O) groups is 2. The van der Waals surface area contributed by atoms with Gasteiger partial charge in [0.1, 0.15) is 5.82 Å². The van der Waals surface area contributed by atoms with Gasteiger partial charge in [-0.15, -0.1) is 0 Å². The van der Waals surface area contributed by atoms with Crippen LogP contribution >= 0.6 is 0 Å². The van der Waals surface area contributed by atoms with Crippen molar-refractivity contribution in [2.24, 2.45) is 0 Å². The molecule has 132 valence electrons. The van der Waals surface area contributed by atoms with E-state index in [2.05, 4.69) is 28.2 Å². The lowest BCUT2D eigenvalue weighted by atomic mass is 10.0. The lowest BCUT2D eigenvalue weighted by Gasteiger charge is -2.26. The maximum Gasteiger partial charge on any atom is 0.328 e. The van der Waals surface area contributed by atoms with Crippen LogP contribution in [0, 0.1) is 5.82 Å². The Morgan fingerprint density at radius 1 is 1.16 bits per heavy atom. The van der Waals surface area contributed by atoms with Crippen molar-refractivity contribution >= 4 is 11.9 Å². The number of carboxylic acid groups (broad SMARTS) is 2. The number of carboxylic acids is 2. The summed E-state index contributed by atoms with van der Waals surface area (Å²) in [5, 5.41) is 19.1. The van der Waals surface area contributed by atoms with Crippen molar-refractivity contribution in [3.63, 3.8) is 0 Å². The fourth-order valence-electron chi connectivity index (χ4n) is 2.59. The largest absolute Gasteiger partial charge is 0.478 e. The summed E-state index contributed by atoms with van der Waals surface area (Å²) >= 11 is 0. The van der Waals surface area contributed by atoms with Gasteiger partial charge in [0, 0.05) is 37.1 Å². The Labute approximate surface area is 144 Å². The van der Waals surface area contributed by atoms with Gasteiger partial charge in [-0.25, -0.2) is 14.0 Å². The van der Waals surface area contributed by atoms with Gasteiger partial charge >= 0.3 is 11.9 Å². The van der Waals surface area contributed by atoms with E-state index in [4.69, 9.17) is 10.2 Å². The summed E-state index contributed by atoms with van der Waals surface area (Å²) in [6.45, 7) is 2.02. The van der Waals surface area contributed by atoms with Crippen molar-refractivity contribution in [2.75, 3.05) is 6.54 Å². The van der Waals surface area contributed by atoms with Crippen molar-refractivity contribution < 1.29 is 24.2 Å². The number of halogens is 1. The maximum absolute atomic E-state index is 12.8. The highest BCUT2D eigenvalue weighted by Crippen LogP contribution is 2.22. The fraction of sp³-hybridized carbons (Fsp3) is 0.222. The van der Waals surface area contributed by atoms with Gasteiger partial charge in [-0.2, -0.15) is 0 Å². The van der Waals surface area contributed by atoms with E-state index in [1.807, 2.05) is 12.1 Å². The minimum absolute atomic E-state index is 0.172. The van der Waals surface area contributed by atoms with Crippen LogP contribution in [0.5, 0.6) is 0 Å². The van der Waals surface area contributed by atoms with Crippen molar-refractivity contribution in [3.8, 4) is 0 Å². The summed E-state index contributed by atoms with van der Waals surface area (Å²) in [6, 6.07) is 11.3. The number of fused-ring (bicyclic) bond motifs is 1. The second-order valence-corrected chi connectivity index (χ2v) is 5.47. The van der Waals surface area contributed by atoms with Crippen LogP contribution in [-0.4, -0.2) is 33.3 Å². The van der Waals surface area contributed by atoms with Crippen LogP contribution in [0.1, 0.15) is 17.3 Å².